The van der Waals surface area contributed by atoms with Gasteiger partial charge in [0, 0.05) is 28.7 Å². The Kier molecular flexibility index (Phi) is 6.63. The molecule has 3 nitrogen and oxygen atoms in total. The zero-order valence-electron chi connectivity index (χ0n) is 17.8. The van der Waals surface area contributed by atoms with Crippen molar-refractivity contribution < 1.29 is 9.47 Å². The Labute approximate surface area is 188 Å². The largest absolute Gasteiger partial charge is 0.490 e. The van der Waals surface area contributed by atoms with Gasteiger partial charge in [-0.05, 0) is 48.1 Å². The zero-order chi connectivity index (χ0) is 21.6. The topological polar surface area (TPSA) is 30.5 Å². The lowest BCUT2D eigenvalue weighted by Gasteiger charge is -2.16. The summed E-state index contributed by atoms with van der Waals surface area (Å²) in [6.07, 6.45) is 0. The van der Waals surface area contributed by atoms with Crippen LogP contribution in [0.25, 0.3) is 10.8 Å². The lowest BCUT2D eigenvalue weighted by Crippen LogP contribution is -2.04. The van der Waals surface area contributed by atoms with Gasteiger partial charge in [0.2, 0.25) is 0 Å². The van der Waals surface area contributed by atoms with Gasteiger partial charge >= 0.3 is 0 Å². The Morgan fingerprint density at radius 1 is 0.806 bits per heavy atom. The molecule has 0 aliphatic rings. The fraction of sp³-hybridized carbons (Fsp3) is 0.185. The quantitative estimate of drug-likeness (QED) is 0.315. The van der Waals surface area contributed by atoms with Crippen LogP contribution < -0.4 is 14.8 Å². The number of fused-ring (bicyclic) bond motifs is 1. The monoisotopic (exact) mass is 431 g/mol. The van der Waals surface area contributed by atoms with Crippen LogP contribution in [0.2, 0.25) is 5.02 Å². The molecule has 0 aliphatic heterocycles. The van der Waals surface area contributed by atoms with Crippen molar-refractivity contribution in [3.63, 3.8) is 0 Å². The van der Waals surface area contributed by atoms with Crippen LogP contribution in [-0.2, 0) is 13.2 Å². The van der Waals surface area contributed by atoms with E-state index in [0.29, 0.717) is 36.3 Å². The van der Waals surface area contributed by atoms with Gasteiger partial charge in [-0.15, -0.1) is 0 Å². The highest BCUT2D eigenvalue weighted by Gasteiger charge is 2.12. The highest BCUT2D eigenvalue weighted by atomic mass is 35.5. The van der Waals surface area contributed by atoms with E-state index in [1.165, 1.54) is 16.3 Å². The Balaban J connectivity index is 1.54. The molecule has 0 amide bonds. The first-order valence-corrected chi connectivity index (χ1v) is 10.9. The van der Waals surface area contributed by atoms with Crippen LogP contribution in [0, 0.1) is 6.92 Å². The average molecular weight is 432 g/mol. The van der Waals surface area contributed by atoms with Crippen LogP contribution in [0.5, 0.6) is 11.5 Å². The van der Waals surface area contributed by atoms with E-state index in [1.54, 1.807) is 0 Å². The van der Waals surface area contributed by atoms with E-state index in [4.69, 9.17) is 21.1 Å². The third kappa shape index (κ3) is 4.95. The smallest absolute Gasteiger partial charge is 0.163 e. The van der Waals surface area contributed by atoms with Crippen molar-refractivity contribution in [2.45, 2.75) is 27.0 Å². The molecule has 1 N–H and O–H groups in total. The molecule has 0 radical (unpaired) electrons. The highest BCUT2D eigenvalue weighted by Crippen LogP contribution is 2.35. The van der Waals surface area contributed by atoms with Gasteiger partial charge in [-0.2, -0.15) is 0 Å². The predicted octanol–water partition coefficient (Wildman–Crippen LogP) is 7.39. The van der Waals surface area contributed by atoms with Gasteiger partial charge in [0.25, 0.3) is 0 Å². The average Bonchev–Trinajstić information content (AvgIpc) is 2.79. The van der Waals surface area contributed by atoms with Crippen molar-refractivity contribution in [3.05, 3.63) is 101 Å². The summed E-state index contributed by atoms with van der Waals surface area (Å²) in [5, 5.41) is 6.55. The van der Waals surface area contributed by atoms with Crippen LogP contribution >= 0.6 is 11.6 Å². The Bertz CT molecular complexity index is 1180. The van der Waals surface area contributed by atoms with Crippen molar-refractivity contribution in [1.29, 1.82) is 0 Å². The van der Waals surface area contributed by atoms with Gasteiger partial charge in [0.05, 0.1) is 6.61 Å². The molecule has 0 fully saturated rings. The van der Waals surface area contributed by atoms with E-state index >= 15 is 0 Å². The lowest BCUT2D eigenvalue weighted by atomic mass is 10.1. The van der Waals surface area contributed by atoms with E-state index in [-0.39, 0.29) is 0 Å². The molecule has 0 spiro atoms. The second kappa shape index (κ2) is 9.76. The van der Waals surface area contributed by atoms with Crippen LogP contribution in [0.3, 0.4) is 0 Å². The third-order valence-corrected chi connectivity index (χ3v) is 5.67. The van der Waals surface area contributed by atoms with Gasteiger partial charge in [-0.3, -0.25) is 0 Å². The summed E-state index contributed by atoms with van der Waals surface area (Å²) in [6, 6.07) is 26.6. The predicted molar refractivity (Wildman–Crippen MR) is 129 cm³/mol. The van der Waals surface area contributed by atoms with Crippen molar-refractivity contribution in [2.75, 3.05) is 11.9 Å². The van der Waals surface area contributed by atoms with Crippen molar-refractivity contribution in [3.8, 4) is 11.5 Å². The second-order valence-corrected chi connectivity index (χ2v) is 7.83. The third-order valence-electron chi connectivity index (χ3n) is 5.32. The molecule has 0 saturated carbocycles. The van der Waals surface area contributed by atoms with Crippen LogP contribution in [-0.4, -0.2) is 6.61 Å². The van der Waals surface area contributed by atoms with Crippen molar-refractivity contribution in [2.24, 2.45) is 0 Å². The summed E-state index contributed by atoms with van der Waals surface area (Å²) in [6.45, 7) is 5.66. The van der Waals surface area contributed by atoms with Gasteiger partial charge in [0.1, 0.15) is 6.61 Å². The summed E-state index contributed by atoms with van der Waals surface area (Å²) in [7, 11) is 0. The number of aryl methyl sites for hydroxylation is 1. The SMILES string of the molecule is CCOc1cc(CNc2cccc3ccccc23)c(Cl)cc1OCc1ccccc1C. The summed E-state index contributed by atoms with van der Waals surface area (Å²) >= 11 is 6.62. The molecule has 0 atom stereocenters. The fourth-order valence-corrected chi connectivity index (χ4v) is 3.81. The number of hydrogen-bond acceptors (Lipinski definition) is 3. The molecule has 0 bridgehead atoms. The number of hydrogen-bond donors (Lipinski definition) is 1. The molecule has 158 valence electrons. The number of halogens is 1. The van der Waals surface area contributed by atoms with Crippen molar-refractivity contribution in [1.82, 2.24) is 0 Å². The molecule has 4 heteroatoms. The number of rotatable bonds is 8. The summed E-state index contributed by atoms with van der Waals surface area (Å²) in [5.41, 5.74) is 4.37. The molecule has 0 heterocycles. The van der Waals surface area contributed by atoms with E-state index in [1.807, 2.05) is 43.3 Å². The molecule has 4 aromatic rings. The number of nitrogens with one attached hydrogen (secondary N) is 1. The van der Waals surface area contributed by atoms with E-state index in [0.717, 1.165) is 16.8 Å². The molecular weight excluding hydrogens is 406 g/mol. The minimum Gasteiger partial charge on any atom is -0.490 e. The molecule has 0 aromatic heterocycles. The Morgan fingerprint density at radius 2 is 1.55 bits per heavy atom. The van der Waals surface area contributed by atoms with Gasteiger partial charge < -0.3 is 14.8 Å². The lowest BCUT2D eigenvalue weighted by molar-refractivity contribution is 0.268. The Morgan fingerprint density at radius 3 is 2.39 bits per heavy atom. The standard InChI is InChI=1S/C27H26ClNO2/c1-3-30-26-15-22(17-29-25-14-8-12-20-10-6-7-13-23(20)25)24(28)16-27(26)31-18-21-11-5-4-9-19(21)2/h4-16,29H,3,17-18H2,1-2H3. The summed E-state index contributed by atoms with van der Waals surface area (Å²) < 4.78 is 11.9. The maximum atomic E-state index is 6.62. The summed E-state index contributed by atoms with van der Waals surface area (Å²) in [5.74, 6) is 1.36. The fourth-order valence-electron chi connectivity index (χ4n) is 3.59. The maximum absolute atomic E-state index is 6.62. The molecule has 0 aliphatic carbocycles. The van der Waals surface area contributed by atoms with Crippen molar-refractivity contribution >= 4 is 28.1 Å². The molecule has 31 heavy (non-hydrogen) atoms. The summed E-state index contributed by atoms with van der Waals surface area (Å²) in [4.78, 5) is 0. The number of benzene rings is 4. The molecule has 0 unspecified atom stereocenters. The van der Waals surface area contributed by atoms with Gasteiger partial charge in [-0.1, -0.05) is 72.3 Å². The van der Waals surface area contributed by atoms with Gasteiger partial charge in [-0.25, -0.2) is 0 Å². The van der Waals surface area contributed by atoms with Gasteiger partial charge in [0.15, 0.2) is 11.5 Å². The first-order chi connectivity index (χ1) is 15.2. The maximum Gasteiger partial charge on any atom is 0.163 e. The molecule has 0 saturated heterocycles. The van der Waals surface area contributed by atoms with Crippen LogP contribution in [0.1, 0.15) is 23.6 Å². The highest BCUT2D eigenvalue weighted by molar-refractivity contribution is 6.31. The zero-order valence-corrected chi connectivity index (χ0v) is 18.6. The minimum atomic E-state index is 0.469. The first-order valence-electron chi connectivity index (χ1n) is 10.5. The Hall–Kier alpha value is -3.17. The second-order valence-electron chi connectivity index (χ2n) is 7.42. The minimum absolute atomic E-state index is 0.469. The molecular formula is C27H26ClNO2. The number of anilines is 1. The van der Waals surface area contributed by atoms with E-state index < -0.39 is 0 Å². The molecule has 4 aromatic carbocycles. The van der Waals surface area contributed by atoms with E-state index in [2.05, 4.69) is 54.7 Å². The van der Waals surface area contributed by atoms with E-state index in [9.17, 15) is 0 Å². The first kappa shape index (κ1) is 21.1. The van der Waals surface area contributed by atoms with Crippen LogP contribution in [0.4, 0.5) is 5.69 Å². The molecule has 4 rings (SSSR count). The number of ether oxygens (including phenoxy) is 2. The van der Waals surface area contributed by atoms with Crippen LogP contribution in [0.15, 0.2) is 78.9 Å². The normalized spacial score (nSPS) is 10.8.